The van der Waals surface area contributed by atoms with Crippen molar-refractivity contribution in [1.82, 2.24) is 24.8 Å². The number of carbonyl (C=O) groups is 3. The molecule has 1 fully saturated rings. The third-order valence-electron chi connectivity index (χ3n) is 5.72. The number of fused-ring (bicyclic) bond motifs is 1. The van der Waals surface area contributed by atoms with Crippen LogP contribution in [0.2, 0.25) is 0 Å². The van der Waals surface area contributed by atoms with Gasteiger partial charge in [0.2, 0.25) is 0 Å². The second-order valence-electron chi connectivity index (χ2n) is 7.87. The number of aryl methyl sites for hydroxylation is 1. The molecule has 0 spiro atoms. The lowest BCUT2D eigenvalue weighted by atomic mass is 10.1. The Morgan fingerprint density at radius 2 is 1.70 bits per heavy atom. The van der Waals surface area contributed by atoms with Gasteiger partial charge >= 0.3 is 0 Å². The number of carbonyl (C=O) groups excluding carboxylic acids is 3. The zero-order valence-corrected chi connectivity index (χ0v) is 18.0. The number of amides is 3. The molecule has 9 heteroatoms. The molecule has 0 bridgehead atoms. The van der Waals surface area contributed by atoms with Crippen molar-refractivity contribution >= 4 is 17.7 Å². The summed E-state index contributed by atoms with van der Waals surface area (Å²) in [5.41, 5.74) is 2.11. The Labute approximate surface area is 190 Å². The molecule has 2 aliphatic rings. The first kappa shape index (κ1) is 20.9. The number of benzene rings is 1. The van der Waals surface area contributed by atoms with E-state index in [1.54, 1.807) is 61.8 Å². The first-order chi connectivity index (χ1) is 16.0. The number of hydrogen-bond acceptors (Lipinski definition) is 7. The van der Waals surface area contributed by atoms with E-state index in [-0.39, 0.29) is 30.0 Å². The monoisotopic (exact) mass is 443 g/mol. The van der Waals surface area contributed by atoms with Crippen LogP contribution in [-0.4, -0.2) is 68.4 Å². The summed E-state index contributed by atoms with van der Waals surface area (Å²) in [5.74, 6) is -0.737. The fraction of sp³-hybridized carbons (Fsp3) is 0.250. The minimum atomic E-state index is -0.777. The number of nitrogens with zero attached hydrogens (tertiary/aromatic N) is 5. The molecule has 1 unspecified atom stereocenters. The molecule has 4 heterocycles. The van der Waals surface area contributed by atoms with Crippen molar-refractivity contribution in [3.63, 3.8) is 0 Å². The summed E-state index contributed by atoms with van der Waals surface area (Å²) in [6, 6.07) is 12.0. The molecule has 1 saturated heterocycles. The summed E-state index contributed by atoms with van der Waals surface area (Å²) < 4.78 is 5.87. The van der Waals surface area contributed by atoms with E-state index in [4.69, 9.17) is 4.74 Å². The molecule has 2 aromatic heterocycles. The molecule has 1 atom stereocenters. The van der Waals surface area contributed by atoms with Gasteiger partial charge in [0.25, 0.3) is 17.7 Å². The van der Waals surface area contributed by atoms with E-state index in [9.17, 15) is 14.4 Å². The number of imide groups is 1. The van der Waals surface area contributed by atoms with E-state index in [1.807, 2.05) is 0 Å². The quantitative estimate of drug-likeness (QED) is 0.570. The predicted octanol–water partition coefficient (Wildman–Crippen LogP) is 2.33. The van der Waals surface area contributed by atoms with Crippen LogP contribution in [0.3, 0.4) is 0 Å². The van der Waals surface area contributed by atoms with Gasteiger partial charge in [-0.3, -0.25) is 19.3 Å². The predicted molar refractivity (Wildman–Crippen MR) is 117 cm³/mol. The number of pyridine rings is 1. The van der Waals surface area contributed by atoms with Crippen LogP contribution in [-0.2, 0) is 4.74 Å². The molecule has 2 aliphatic heterocycles. The maximum Gasteiger partial charge on any atom is 0.275 e. The van der Waals surface area contributed by atoms with Crippen LogP contribution in [0.4, 0.5) is 0 Å². The molecular weight excluding hydrogens is 422 g/mol. The van der Waals surface area contributed by atoms with E-state index < -0.39 is 6.23 Å². The standard InChI is InChI=1S/C24H21N5O4/c1-15-8-9-18(21-25-10-4-11-26-21)20(27-15)24(32)28-12-5-13-33-19(28)14-29-22(30)16-6-2-3-7-17(16)23(29)31/h2-4,6-11,19H,5,12-14H2,1H3. The summed E-state index contributed by atoms with van der Waals surface area (Å²) in [5, 5.41) is 0. The van der Waals surface area contributed by atoms with E-state index in [1.165, 1.54) is 4.90 Å². The average molecular weight is 443 g/mol. The molecule has 0 radical (unpaired) electrons. The Bertz CT molecular complexity index is 1210. The summed E-state index contributed by atoms with van der Waals surface area (Å²) >= 11 is 0. The Hall–Kier alpha value is -3.98. The topological polar surface area (TPSA) is 106 Å². The summed E-state index contributed by atoms with van der Waals surface area (Å²) in [4.78, 5) is 55.0. The van der Waals surface area contributed by atoms with Crippen molar-refractivity contribution in [2.75, 3.05) is 19.7 Å². The van der Waals surface area contributed by atoms with Gasteiger partial charge in [-0.25, -0.2) is 15.0 Å². The van der Waals surface area contributed by atoms with Gasteiger partial charge in [-0.1, -0.05) is 12.1 Å². The number of rotatable bonds is 4. The number of hydrogen-bond donors (Lipinski definition) is 0. The van der Waals surface area contributed by atoms with Crippen LogP contribution in [0.1, 0.15) is 43.3 Å². The highest BCUT2D eigenvalue weighted by Gasteiger charge is 2.40. The van der Waals surface area contributed by atoms with Gasteiger partial charge in [-0.15, -0.1) is 0 Å². The zero-order chi connectivity index (χ0) is 22.9. The molecule has 9 nitrogen and oxygen atoms in total. The number of aromatic nitrogens is 3. The van der Waals surface area contributed by atoms with Gasteiger partial charge in [0.1, 0.15) is 5.69 Å². The fourth-order valence-corrected chi connectivity index (χ4v) is 4.11. The molecule has 1 aromatic carbocycles. The largest absolute Gasteiger partial charge is 0.356 e. The van der Waals surface area contributed by atoms with Crippen LogP contribution in [0.25, 0.3) is 11.4 Å². The van der Waals surface area contributed by atoms with E-state index in [0.29, 0.717) is 47.8 Å². The molecule has 5 rings (SSSR count). The SMILES string of the molecule is Cc1ccc(-c2ncccn2)c(C(=O)N2CCCOC2CN2C(=O)c3ccccc3C2=O)n1. The van der Waals surface area contributed by atoms with Gasteiger partial charge in [-0.2, -0.15) is 0 Å². The van der Waals surface area contributed by atoms with Gasteiger partial charge in [-0.05, 0) is 43.7 Å². The first-order valence-corrected chi connectivity index (χ1v) is 10.7. The lowest BCUT2D eigenvalue weighted by Gasteiger charge is -2.37. The molecule has 3 aromatic rings. The second-order valence-corrected chi connectivity index (χ2v) is 7.87. The maximum absolute atomic E-state index is 13.7. The lowest BCUT2D eigenvalue weighted by molar-refractivity contribution is -0.0838. The van der Waals surface area contributed by atoms with Crippen LogP contribution in [0.15, 0.2) is 54.9 Å². The Morgan fingerprint density at radius 1 is 1.00 bits per heavy atom. The lowest BCUT2D eigenvalue weighted by Crippen LogP contribution is -2.53. The van der Waals surface area contributed by atoms with Crippen molar-refractivity contribution in [3.8, 4) is 11.4 Å². The highest BCUT2D eigenvalue weighted by Crippen LogP contribution is 2.26. The van der Waals surface area contributed by atoms with Crippen LogP contribution in [0.5, 0.6) is 0 Å². The van der Waals surface area contributed by atoms with Gasteiger partial charge < -0.3 is 9.64 Å². The average Bonchev–Trinajstić information content (AvgIpc) is 3.09. The molecule has 3 amide bonds. The van der Waals surface area contributed by atoms with Crippen molar-refractivity contribution in [1.29, 1.82) is 0 Å². The van der Waals surface area contributed by atoms with Crippen molar-refractivity contribution in [2.24, 2.45) is 0 Å². The summed E-state index contributed by atoms with van der Waals surface area (Å²) in [7, 11) is 0. The van der Waals surface area contributed by atoms with Gasteiger partial charge in [0.05, 0.1) is 29.8 Å². The summed E-state index contributed by atoms with van der Waals surface area (Å²) in [6.07, 6.45) is 3.06. The second kappa shape index (κ2) is 8.51. The third kappa shape index (κ3) is 3.76. The zero-order valence-electron chi connectivity index (χ0n) is 18.0. The van der Waals surface area contributed by atoms with E-state index in [2.05, 4.69) is 15.0 Å². The van der Waals surface area contributed by atoms with Gasteiger partial charge in [0, 0.05) is 24.6 Å². The van der Waals surface area contributed by atoms with Crippen LogP contribution >= 0.6 is 0 Å². The van der Waals surface area contributed by atoms with Crippen LogP contribution in [0, 0.1) is 6.92 Å². The summed E-state index contributed by atoms with van der Waals surface area (Å²) in [6.45, 7) is 2.58. The molecule has 0 aliphatic carbocycles. The van der Waals surface area contributed by atoms with Crippen molar-refractivity contribution in [3.05, 3.63) is 77.4 Å². The molecule has 33 heavy (non-hydrogen) atoms. The van der Waals surface area contributed by atoms with E-state index in [0.717, 1.165) is 4.90 Å². The fourth-order valence-electron chi connectivity index (χ4n) is 4.11. The van der Waals surface area contributed by atoms with Crippen molar-refractivity contribution in [2.45, 2.75) is 19.6 Å². The smallest absolute Gasteiger partial charge is 0.275 e. The van der Waals surface area contributed by atoms with Crippen LogP contribution < -0.4 is 0 Å². The molecular formula is C24H21N5O4. The maximum atomic E-state index is 13.7. The highest BCUT2D eigenvalue weighted by molar-refractivity contribution is 6.21. The minimum Gasteiger partial charge on any atom is -0.356 e. The normalized spacial score (nSPS) is 17.9. The first-order valence-electron chi connectivity index (χ1n) is 10.7. The molecule has 0 N–H and O–H groups in total. The molecule has 0 saturated carbocycles. The Balaban J connectivity index is 1.45. The Morgan fingerprint density at radius 3 is 2.39 bits per heavy atom. The Kier molecular flexibility index (Phi) is 5.39. The number of ether oxygens (including phenoxy) is 1. The minimum absolute atomic E-state index is 0.0545. The third-order valence-corrected chi connectivity index (χ3v) is 5.72. The van der Waals surface area contributed by atoms with Crippen molar-refractivity contribution < 1.29 is 19.1 Å². The highest BCUT2D eigenvalue weighted by atomic mass is 16.5. The molecule has 166 valence electrons. The van der Waals surface area contributed by atoms with Gasteiger partial charge in [0.15, 0.2) is 12.1 Å². The van der Waals surface area contributed by atoms with E-state index >= 15 is 0 Å².